The zero-order valence-electron chi connectivity index (χ0n) is 11.9. The summed E-state index contributed by atoms with van der Waals surface area (Å²) in [6.07, 6.45) is 3.52. The zero-order chi connectivity index (χ0) is 15.9. The molecule has 2 fully saturated rings. The van der Waals surface area contributed by atoms with Crippen LogP contribution in [-0.2, 0) is 9.59 Å². The Kier molecular flexibility index (Phi) is 3.85. The molecule has 2 saturated carbocycles. The van der Waals surface area contributed by atoms with E-state index < -0.39 is 30.0 Å². The van der Waals surface area contributed by atoms with Gasteiger partial charge in [-0.3, -0.25) is 9.59 Å². The lowest BCUT2D eigenvalue weighted by Gasteiger charge is -2.21. The number of carbonyl (C=O) groups is 2. The SMILES string of the molecule is O=C(O)CC(C(=O)N[C@@]12CCC[C@@H]1C2)c1c(F)cccc1Cl. The molecule has 0 saturated heterocycles. The van der Waals surface area contributed by atoms with Crippen LogP contribution in [0.5, 0.6) is 0 Å². The van der Waals surface area contributed by atoms with Gasteiger partial charge in [-0.15, -0.1) is 0 Å². The van der Waals surface area contributed by atoms with E-state index in [0.717, 1.165) is 25.7 Å². The highest BCUT2D eigenvalue weighted by atomic mass is 35.5. The molecule has 0 aliphatic heterocycles. The van der Waals surface area contributed by atoms with Crippen molar-refractivity contribution < 1.29 is 19.1 Å². The van der Waals surface area contributed by atoms with Gasteiger partial charge in [0.1, 0.15) is 5.82 Å². The minimum atomic E-state index is -1.16. The molecule has 2 aliphatic rings. The van der Waals surface area contributed by atoms with Crippen LogP contribution < -0.4 is 5.32 Å². The van der Waals surface area contributed by atoms with Crippen molar-refractivity contribution in [2.75, 3.05) is 0 Å². The Morgan fingerprint density at radius 3 is 2.82 bits per heavy atom. The van der Waals surface area contributed by atoms with Crippen LogP contribution in [0.15, 0.2) is 18.2 Å². The molecule has 0 bridgehead atoms. The summed E-state index contributed by atoms with van der Waals surface area (Å²) < 4.78 is 14.1. The van der Waals surface area contributed by atoms with Gasteiger partial charge in [0, 0.05) is 16.1 Å². The van der Waals surface area contributed by atoms with Gasteiger partial charge in [-0.05, 0) is 37.3 Å². The lowest BCUT2D eigenvalue weighted by molar-refractivity contribution is -0.139. The Labute approximate surface area is 132 Å². The molecule has 1 aromatic rings. The quantitative estimate of drug-likeness (QED) is 0.874. The van der Waals surface area contributed by atoms with Gasteiger partial charge in [0.2, 0.25) is 5.91 Å². The number of carbonyl (C=O) groups excluding carboxylic acids is 1. The fourth-order valence-corrected chi connectivity index (χ4v) is 3.92. The fourth-order valence-electron chi connectivity index (χ4n) is 3.62. The minimum Gasteiger partial charge on any atom is -0.481 e. The first-order valence-corrected chi connectivity index (χ1v) is 7.78. The molecule has 4 nitrogen and oxygen atoms in total. The number of carboxylic acids is 1. The van der Waals surface area contributed by atoms with Crippen LogP contribution in [0.2, 0.25) is 5.02 Å². The molecule has 6 heteroatoms. The lowest BCUT2D eigenvalue weighted by Crippen LogP contribution is -2.40. The highest BCUT2D eigenvalue weighted by Crippen LogP contribution is 2.56. The Morgan fingerprint density at radius 1 is 1.50 bits per heavy atom. The van der Waals surface area contributed by atoms with Crippen LogP contribution in [0.3, 0.4) is 0 Å². The molecule has 118 valence electrons. The molecule has 1 unspecified atom stereocenters. The normalized spacial score (nSPS) is 27.1. The van der Waals surface area contributed by atoms with Gasteiger partial charge in [0.05, 0.1) is 12.3 Å². The van der Waals surface area contributed by atoms with Crippen molar-refractivity contribution in [1.82, 2.24) is 5.32 Å². The molecule has 3 rings (SSSR count). The van der Waals surface area contributed by atoms with E-state index in [9.17, 15) is 14.0 Å². The molecule has 22 heavy (non-hydrogen) atoms. The molecule has 0 radical (unpaired) electrons. The molecular weight excluding hydrogens is 309 g/mol. The second kappa shape index (κ2) is 5.54. The molecular formula is C16H17ClFNO3. The highest BCUT2D eigenvalue weighted by molar-refractivity contribution is 6.31. The number of aliphatic carboxylic acids is 1. The predicted octanol–water partition coefficient (Wildman–Crippen LogP) is 3.10. The third-order valence-electron chi connectivity index (χ3n) is 4.82. The average molecular weight is 326 g/mol. The Bertz CT molecular complexity index is 616. The smallest absolute Gasteiger partial charge is 0.304 e. The van der Waals surface area contributed by atoms with Gasteiger partial charge >= 0.3 is 5.97 Å². The number of carboxylic acid groups (broad SMARTS) is 1. The molecule has 0 heterocycles. The minimum absolute atomic E-state index is 0.0318. The van der Waals surface area contributed by atoms with E-state index in [1.807, 2.05) is 0 Å². The Hall–Kier alpha value is -1.62. The Balaban J connectivity index is 1.86. The maximum Gasteiger partial charge on any atom is 0.304 e. The molecule has 3 atom stereocenters. The number of amides is 1. The number of rotatable bonds is 5. The zero-order valence-corrected chi connectivity index (χ0v) is 12.7. The second-order valence-electron chi connectivity index (χ2n) is 6.22. The van der Waals surface area contributed by atoms with Crippen molar-refractivity contribution in [3.63, 3.8) is 0 Å². The molecule has 1 amide bonds. The summed E-state index contributed by atoms with van der Waals surface area (Å²) in [7, 11) is 0. The van der Waals surface area contributed by atoms with E-state index >= 15 is 0 Å². The fraction of sp³-hybridized carbons (Fsp3) is 0.500. The first-order chi connectivity index (χ1) is 10.4. The predicted molar refractivity (Wildman–Crippen MR) is 79.2 cm³/mol. The third kappa shape index (κ3) is 2.70. The van der Waals surface area contributed by atoms with E-state index in [2.05, 4.69) is 5.32 Å². The first kappa shape index (κ1) is 15.3. The summed E-state index contributed by atoms with van der Waals surface area (Å²) in [6, 6.07) is 4.09. The number of fused-ring (bicyclic) bond motifs is 1. The van der Waals surface area contributed by atoms with Crippen molar-refractivity contribution in [3.8, 4) is 0 Å². The van der Waals surface area contributed by atoms with Crippen LogP contribution in [0.1, 0.15) is 43.6 Å². The van der Waals surface area contributed by atoms with Crippen molar-refractivity contribution in [2.24, 2.45) is 5.92 Å². The van der Waals surface area contributed by atoms with E-state index in [1.165, 1.54) is 18.2 Å². The van der Waals surface area contributed by atoms with Gasteiger partial charge in [-0.2, -0.15) is 0 Å². The summed E-state index contributed by atoms with van der Waals surface area (Å²) in [6.45, 7) is 0. The molecule has 0 aromatic heterocycles. The number of nitrogens with one attached hydrogen (secondary N) is 1. The second-order valence-corrected chi connectivity index (χ2v) is 6.63. The number of halogens is 2. The highest BCUT2D eigenvalue weighted by Gasteiger charge is 2.58. The van der Waals surface area contributed by atoms with Crippen LogP contribution in [0, 0.1) is 11.7 Å². The van der Waals surface area contributed by atoms with Gasteiger partial charge in [0.25, 0.3) is 0 Å². The topological polar surface area (TPSA) is 66.4 Å². The summed E-state index contributed by atoms with van der Waals surface area (Å²) in [4.78, 5) is 23.7. The summed E-state index contributed by atoms with van der Waals surface area (Å²) in [5, 5.41) is 12.1. The van der Waals surface area contributed by atoms with Crippen molar-refractivity contribution in [3.05, 3.63) is 34.6 Å². The van der Waals surface area contributed by atoms with Gasteiger partial charge in [0.15, 0.2) is 0 Å². The van der Waals surface area contributed by atoms with Crippen molar-refractivity contribution >= 4 is 23.5 Å². The monoisotopic (exact) mass is 325 g/mol. The number of benzene rings is 1. The van der Waals surface area contributed by atoms with E-state index in [-0.39, 0.29) is 16.1 Å². The van der Waals surface area contributed by atoms with Crippen LogP contribution in [-0.4, -0.2) is 22.5 Å². The first-order valence-electron chi connectivity index (χ1n) is 7.41. The van der Waals surface area contributed by atoms with Crippen molar-refractivity contribution in [1.29, 1.82) is 0 Å². The van der Waals surface area contributed by atoms with E-state index in [1.54, 1.807) is 0 Å². The molecule has 0 spiro atoms. The van der Waals surface area contributed by atoms with Crippen LogP contribution in [0.4, 0.5) is 4.39 Å². The van der Waals surface area contributed by atoms with E-state index in [0.29, 0.717) is 5.92 Å². The lowest BCUT2D eigenvalue weighted by atomic mass is 9.93. The molecule has 1 aromatic carbocycles. The number of hydrogen-bond acceptors (Lipinski definition) is 2. The van der Waals surface area contributed by atoms with Crippen LogP contribution >= 0.6 is 11.6 Å². The maximum absolute atomic E-state index is 14.1. The summed E-state index contributed by atoms with van der Waals surface area (Å²) in [5.41, 5.74) is -0.221. The summed E-state index contributed by atoms with van der Waals surface area (Å²) in [5.74, 6) is -2.87. The molecule has 2 N–H and O–H groups in total. The average Bonchev–Trinajstić information content (AvgIpc) is 2.96. The maximum atomic E-state index is 14.1. The standard InChI is InChI=1S/C16H17ClFNO3/c17-11-4-1-5-12(18)14(11)10(7-13(20)21)15(22)19-16-6-2-3-9(16)8-16/h1,4-5,9-10H,2-3,6-8H2,(H,19,22)(H,20,21)/t9-,10?,16-/m1/s1. The Morgan fingerprint density at radius 2 is 2.27 bits per heavy atom. The van der Waals surface area contributed by atoms with Crippen LogP contribution in [0.25, 0.3) is 0 Å². The largest absolute Gasteiger partial charge is 0.481 e. The van der Waals surface area contributed by atoms with E-state index in [4.69, 9.17) is 16.7 Å². The van der Waals surface area contributed by atoms with Crippen molar-refractivity contribution in [2.45, 2.75) is 43.6 Å². The number of hydrogen-bond donors (Lipinski definition) is 2. The molecule has 2 aliphatic carbocycles. The third-order valence-corrected chi connectivity index (χ3v) is 5.15. The van der Waals surface area contributed by atoms with Gasteiger partial charge in [-0.25, -0.2) is 4.39 Å². The summed E-state index contributed by atoms with van der Waals surface area (Å²) >= 11 is 6.00. The van der Waals surface area contributed by atoms with Gasteiger partial charge in [-0.1, -0.05) is 24.1 Å². The van der Waals surface area contributed by atoms with Gasteiger partial charge < -0.3 is 10.4 Å².